The van der Waals surface area contributed by atoms with Crippen LogP contribution in [0.3, 0.4) is 0 Å². The van der Waals surface area contributed by atoms with Crippen LogP contribution < -0.4 is 15.4 Å². The molecule has 0 bridgehead atoms. The predicted molar refractivity (Wildman–Crippen MR) is 118 cm³/mol. The molecule has 0 unspecified atom stereocenters. The number of ether oxygens (including phenoxy) is 1. The summed E-state index contributed by atoms with van der Waals surface area (Å²) in [4.78, 5) is 13.1. The average molecular weight is 489 g/mol. The molecule has 0 aliphatic carbocycles. The summed E-state index contributed by atoms with van der Waals surface area (Å²) in [6.45, 7) is 0. The van der Waals surface area contributed by atoms with E-state index in [9.17, 15) is 4.79 Å². The van der Waals surface area contributed by atoms with Crippen LogP contribution >= 0.6 is 39.5 Å². The van der Waals surface area contributed by atoms with E-state index in [1.165, 1.54) is 11.3 Å². The van der Waals surface area contributed by atoms with Crippen molar-refractivity contribution >= 4 is 61.2 Å². The Morgan fingerprint density at radius 3 is 2.90 bits per heavy atom. The number of carbonyl (C=O) groups excluding carboxylic acids is 1. The molecule has 0 spiro atoms. The monoisotopic (exact) mass is 488 g/mol. The topological polar surface area (TPSA) is 93.4 Å². The van der Waals surface area contributed by atoms with Gasteiger partial charge in [0, 0.05) is 16.8 Å². The number of aromatic nitrogens is 4. The van der Waals surface area contributed by atoms with E-state index in [1.807, 2.05) is 24.3 Å². The van der Waals surface area contributed by atoms with Crippen molar-refractivity contribution in [3.63, 3.8) is 0 Å². The molecule has 0 saturated carbocycles. The zero-order valence-electron chi connectivity index (χ0n) is 14.9. The van der Waals surface area contributed by atoms with Gasteiger partial charge in [0.25, 0.3) is 5.91 Å². The van der Waals surface area contributed by atoms with Crippen molar-refractivity contribution in [2.75, 3.05) is 12.4 Å². The molecule has 2 N–H and O–H groups in total. The number of nitrogens with one attached hydrogen (secondary N) is 2. The summed E-state index contributed by atoms with van der Waals surface area (Å²) in [6.07, 6.45) is 1.56. The Bertz CT molecular complexity index is 1190. The highest BCUT2D eigenvalue weighted by atomic mass is 79.9. The van der Waals surface area contributed by atoms with Crippen LogP contribution in [-0.2, 0) is 0 Å². The quantitative estimate of drug-likeness (QED) is 0.422. The first-order chi connectivity index (χ1) is 14.0. The van der Waals surface area contributed by atoms with Crippen molar-refractivity contribution in [1.29, 1.82) is 0 Å². The number of thiocarbonyl (C=S) groups is 1. The summed E-state index contributed by atoms with van der Waals surface area (Å²) in [5.41, 5.74) is 2.09. The number of nitrogens with zero attached hydrogens (tertiary/aromatic N) is 4. The fourth-order valence-corrected chi connectivity index (χ4v) is 4.12. The molecule has 1 amide bonds. The first kappa shape index (κ1) is 19.4. The van der Waals surface area contributed by atoms with Crippen LogP contribution in [0.25, 0.3) is 15.5 Å². The smallest absolute Gasteiger partial charge is 0.257 e. The fraction of sp³-hybridized carbons (Fsp3) is 0.0556. The molecule has 8 nitrogen and oxygen atoms in total. The molecule has 2 heterocycles. The molecule has 4 aromatic rings. The van der Waals surface area contributed by atoms with Gasteiger partial charge in [0.2, 0.25) is 4.96 Å². The first-order valence-corrected chi connectivity index (χ1v) is 10.3. The van der Waals surface area contributed by atoms with Crippen molar-refractivity contribution in [3.8, 4) is 16.3 Å². The van der Waals surface area contributed by atoms with Crippen molar-refractivity contribution in [3.05, 3.63) is 58.8 Å². The van der Waals surface area contributed by atoms with Crippen molar-refractivity contribution in [1.82, 2.24) is 25.1 Å². The van der Waals surface area contributed by atoms with Gasteiger partial charge in [0.1, 0.15) is 17.1 Å². The molecular formula is C18H13BrN6O2S2. The van der Waals surface area contributed by atoms with Gasteiger partial charge >= 0.3 is 0 Å². The summed E-state index contributed by atoms with van der Waals surface area (Å²) in [5, 5.41) is 18.9. The lowest BCUT2D eigenvalue weighted by atomic mass is 10.2. The van der Waals surface area contributed by atoms with Crippen molar-refractivity contribution in [2.24, 2.45) is 0 Å². The SMILES string of the molecule is COc1ccc(C(=O)NC(=S)Nc2cccc(-c3nn4cnnc4s3)c2)cc1Br. The molecule has 0 saturated heterocycles. The Balaban J connectivity index is 1.45. The number of methoxy groups -OCH3 is 1. The molecule has 0 radical (unpaired) electrons. The number of halogens is 1. The van der Waals surface area contributed by atoms with Crippen LogP contribution in [-0.4, -0.2) is 37.9 Å². The maximum Gasteiger partial charge on any atom is 0.257 e. The minimum atomic E-state index is -0.323. The normalized spacial score (nSPS) is 10.7. The van der Waals surface area contributed by atoms with Crippen LogP contribution in [0.2, 0.25) is 0 Å². The molecule has 0 fully saturated rings. The number of rotatable bonds is 4. The van der Waals surface area contributed by atoms with Gasteiger partial charge in [0.05, 0.1) is 11.6 Å². The number of amides is 1. The number of benzene rings is 2. The van der Waals surface area contributed by atoms with Gasteiger partial charge in [0.15, 0.2) is 5.11 Å². The minimum Gasteiger partial charge on any atom is -0.496 e. The second kappa shape index (κ2) is 8.23. The van der Waals surface area contributed by atoms with E-state index in [-0.39, 0.29) is 11.0 Å². The zero-order valence-corrected chi connectivity index (χ0v) is 18.1. The summed E-state index contributed by atoms with van der Waals surface area (Å²) in [7, 11) is 1.56. The van der Waals surface area contributed by atoms with Crippen molar-refractivity contribution < 1.29 is 9.53 Å². The maximum absolute atomic E-state index is 12.4. The molecule has 11 heteroatoms. The second-order valence-electron chi connectivity index (χ2n) is 5.80. The zero-order chi connectivity index (χ0) is 20.4. The Morgan fingerprint density at radius 1 is 1.28 bits per heavy atom. The number of anilines is 1. The first-order valence-electron chi connectivity index (χ1n) is 8.26. The highest BCUT2D eigenvalue weighted by Crippen LogP contribution is 2.27. The van der Waals surface area contributed by atoms with E-state index in [2.05, 4.69) is 41.9 Å². The summed E-state index contributed by atoms with van der Waals surface area (Å²) in [5.74, 6) is 0.320. The van der Waals surface area contributed by atoms with E-state index in [0.717, 1.165) is 16.3 Å². The molecule has 146 valence electrons. The number of fused-ring (bicyclic) bond motifs is 1. The van der Waals surface area contributed by atoms with Crippen LogP contribution in [0.15, 0.2) is 53.3 Å². The molecular weight excluding hydrogens is 476 g/mol. The van der Waals surface area contributed by atoms with Gasteiger partial charge in [-0.15, -0.1) is 10.2 Å². The van der Waals surface area contributed by atoms with Gasteiger partial charge in [-0.25, -0.2) is 0 Å². The van der Waals surface area contributed by atoms with Gasteiger partial charge in [-0.3, -0.25) is 10.1 Å². The lowest BCUT2D eigenvalue weighted by molar-refractivity contribution is 0.0977. The number of carbonyl (C=O) groups is 1. The van der Waals surface area contributed by atoms with E-state index in [0.29, 0.717) is 20.7 Å². The standard InChI is InChI=1S/C18H13BrN6O2S2/c1-27-14-6-5-10(8-13(14)19)15(26)22-17(28)21-12-4-2-3-11(7-12)16-24-25-9-20-23-18(25)29-16/h2-9H,1H3,(H2,21,22,26,28). The molecule has 29 heavy (non-hydrogen) atoms. The molecule has 0 atom stereocenters. The molecule has 4 rings (SSSR count). The molecule has 0 aliphatic rings. The van der Waals surface area contributed by atoms with E-state index in [4.69, 9.17) is 17.0 Å². The largest absolute Gasteiger partial charge is 0.496 e. The van der Waals surface area contributed by atoms with E-state index < -0.39 is 0 Å². The minimum absolute atomic E-state index is 0.192. The van der Waals surface area contributed by atoms with Gasteiger partial charge in [-0.1, -0.05) is 23.5 Å². The predicted octanol–water partition coefficient (Wildman–Crippen LogP) is 3.75. The van der Waals surface area contributed by atoms with Crippen LogP contribution in [0, 0.1) is 0 Å². The summed E-state index contributed by atoms with van der Waals surface area (Å²) < 4.78 is 7.48. The highest BCUT2D eigenvalue weighted by Gasteiger charge is 2.12. The van der Waals surface area contributed by atoms with Gasteiger partial charge in [-0.2, -0.15) is 9.61 Å². The third-order valence-corrected chi connectivity index (χ3v) is 5.68. The average Bonchev–Trinajstić information content (AvgIpc) is 3.30. The van der Waals surface area contributed by atoms with Crippen molar-refractivity contribution in [2.45, 2.75) is 0 Å². The van der Waals surface area contributed by atoms with E-state index in [1.54, 1.807) is 36.2 Å². The third-order valence-electron chi connectivity index (χ3n) is 3.90. The Kier molecular flexibility index (Phi) is 5.51. The number of hydrogen-bond donors (Lipinski definition) is 2. The summed E-state index contributed by atoms with van der Waals surface area (Å²) in [6, 6.07) is 12.6. The van der Waals surface area contributed by atoms with Crippen LogP contribution in [0.5, 0.6) is 5.75 Å². The number of hydrogen-bond acceptors (Lipinski definition) is 7. The molecule has 0 aliphatic heterocycles. The second-order valence-corrected chi connectivity index (χ2v) is 8.02. The summed E-state index contributed by atoms with van der Waals surface area (Å²) >= 11 is 10.1. The van der Waals surface area contributed by atoms with E-state index >= 15 is 0 Å². The molecule has 2 aromatic heterocycles. The van der Waals surface area contributed by atoms with Crippen LogP contribution in [0.1, 0.15) is 10.4 Å². The van der Waals surface area contributed by atoms with Gasteiger partial charge < -0.3 is 10.1 Å². The third kappa shape index (κ3) is 4.26. The highest BCUT2D eigenvalue weighted by molar-refractivity contribution is 9.10. The van der Waals surface area contributed by atoms with Gasteiger partial charge in [-0.05, 0) is 58.5 Å². The Morgan fingerprint density at radius 2 is 2.14 bits per heavy atom. The molecule has 2 aromatic carbocycles. The Hall–Kier alpha value is -2.89. The Labute approximate surface area is 183 Å². The maximum atomic E-state index is 12.4. The fourth-order valence-electron chi connectivity index (χ4n) is 2.55. The van der Waals surface area contributed by atoms with Crippen LogP contribution in [0.4, 0.5) is 5.69 Å². The lowest BCUT2D eigenvalue weighted by Crippen LogP contribution is -2.34. The lowest BCUT2D eigenvalue weighted by Gasteiger charge is -2.11.